The van der Waals surface area contributed by atoms with Gasteiger partial charge >= 0.3 is 0 Å². The Morgan fingerprint density at radius 3 is 0.861 bits per heavy atom. The summed E-state index contributed by atoms with van der Waals surface area (Å²) in [6.07, 6.45) is 1.68. The van der Waals surface area contributed by atoms with E-state index in [9.17, 15) is 0 Å². The first kappa shape index (κ1) is 83.9. The van der Waals surface area contributed by atoms with Crippen LogP contribution < -0.4 is 4.90 Å². The molecule has 20 aromatic carbocycles. The number of hydrogen-bond donors (Lipinski definition) is 0. The van der Waals surface area contributed by atoms with Gasteiger partial charge in [-0.3, -0.25) is 0 Å². The first-order valence-electron chi connectivity index (χ1n) is 47.1. The second-order valence-corrected chi connectivity index (χ2v) is 48.9. The lowest BCUT2D eigenvalue weighted by atomic mass is 9.68. The summed E-state index contributed by atoms with van der Waals surface area (Å²) in [6.45, 7) is 0. The van der Waals surface area contributed by atoms with E-state index in [1.807, 2.05) is 56.7 Å². The van der Waals surface area contributed by atoms with Crippen molar-refractivity contribution >= 4 is 231 Å². The highest BCUT2D eigenvalue weighted by molar-refractivity contribution is 14.3. The molecule has 1 aliphatic carbocycles. The van der Waals surface area contributed by atoms with Gasteiger partial charge in [-0.25, -0.2) is 9.97 Å². The fraction of sp³-hybridized carbons (Fsp3) is 0.00800. The smallest absolute Gasteiger partial charge is 0.116 e. The maximum absolute atomic E-state index is 5.92. The van der Waals surface area contributed by atoms with Gasteiger partial charge in [-0.05, 0) is 251 Å². The van der Waals surface area contributed by atoms with Gasteiger partial charge in [0.05, 0.1) is 25.1 Å². The number of aromatic nitrogens is 2. The largest absolute Gasteiger partial charge is 0.311 e. The number of para-hydroxylation sites is 1. The lowest BCUT2D eigenvalue weighted by Gasteiger charge is -2.34. The molecule has 3 nitrogen and oxygen atoms in total. The number of rotatable bonds is 13. The zero-order chi connectivity index (χ0) is 94.2. The van der Waals surface area contributed by atoms with Crippen molar-refractivity contribution in [3.63, 3.8) is 0 Å². The molecule has 1 aliphatic rings. The zero-order valence-corrected chi connectivity index (χ0v) is 83.2. The van der Waals surface area contributed by atoms with E-state index in [0.29, 0.717) is 0 Å². The van der Waals surface area contributed by atoms with Crippen LogP contribution in [-0.4, -0.2) is 22.3 Å². The maximum atomic E-state index is 5.92. The highest BCUT2D eigenvalue weighted by Crippen LogP contribution is 2.57. The van der Waals surface area contributed by atoms with E-state index in [4.69, 9.17) is 14.0 Å². The van der Waals surface area contributed by atoms with Gasteiger partial charge in [-0.2, -0.15) is 0 Å². The van der Waals surface area contributed by atoms with Crippen LogP contribution in [0.3, 0.4) is 0 Å². The normalized spacial score (nSPS) is 12.1. The number of hydrogen-bond acceptors (Lipinski definition) is 8. The van der Waals surface area contributed by atoms with Gasteiger partial charge in [0.2, 0.25) is 0 Å². The van der Waals surface area contributed by atoms with E-state index in [-0.39, 0.29) is 0 Å². The average Bonchev–Trinajstić information content (AvgIpc) is 1.55. The van der Waals surface area contributed by atoms with Crippen molar-refractivity contribution in [3.05, 3.63) is 502 Å². The monoisotopic (exact) mass is 2090 g/mol. The second kappa shape index (κ2) is 38.1. The summed E-state index contributed by atoms with van der Waals surface area (Å²) >= 11 is 14.0. The number of fused-ring (bicyclic) bond motifs is 18. The Morgan fingerprint density at radius 2 is 0.489 bits per heavy atom. The molecule has 27 rings (SSSR count). The Hall–Kier alpha value is -13.7. The van der Waals surface area contributed by atoms with Crippen molar-refractivity contribution in [1.29, 1.82) is 4.01 Å². The van der Waals surface area contributed by atoms with Gasteiger partial charge in [0.1, 0.15) is 6.33 Å². The Bertz CT molecular complexity index is 8570. The number of benzene rings is 20. The number of anilines is 3. The standard InChI is InChI=1S/C43H31N.C42H24S3.C40H24N2S2.BH3.HI2P/c1-4-14-32(15-5-1)33-24-28-37(29-25-33)44(36-18-8-3-9-19-36)38-30-26-35(27-31-38)43(34-16-6-2-7-17-34)41-22-12-10-20-39(41)40-21-11-13-23-42(40)43;1-4-19-37-31(10-1)34-16-7-13-28(40(34)43-37)25-22-26(29-14-8-17-35-32-11-2-5-20-38(32)44-41(29)35)24-27(23-25)30-15-9-18-36-33-12-3-6-21-39(33)45-42(30)36;1-3-19-37-31(13-1)33-17-7-15-29(39(33)43-37)25-9-5-11-27(21-25)35-23-36(42-24-41-35)28-12-6-10-26(22-28)30-16-8-18-34-32-14-2-4-20-38(32)44-40(30)34;;1-3-2/h1-31H;1-24H;1-24H;1H3;3H/i;;;1TD2;. The van der Waals surface area contributed by atoms with E-state index in [2.05, 4.69) is 522 Å². The molecule has 0 radical (unpaired) electrons. The molecule has 12 heteroatoms. The minimum atomic E-state index is -1.42. The molecule has 650 valence electrons. The van der Waals surface area contributed by atoms with Crippen LogP contribution in [0.15, 0.2) is 480 Å². The molecule has 0 N–H and O–H groups in total. The van der Waals surface area contributed by atoms with Crippen LogP contribution in [0.1, 0.15) is 22.3 Å². The van der Waals surface area contributed by atoms with Crippen LogP contribution in [-0.2, 0) is 5.41 Å². The minimum Gasteiger partial charge on any atom is -0.311 e. The Kier molecular flexibility index (Phi) is 23.3. The number of nitrogens with zero attached hydrogens (tertiary/aromatic N) is 3. The third-order valence-electron chi connectivity index (χ3n) is 26.5. The molecule has 6 heterocycles. The molecule has 0 saturated heterocycles. The van der Waals surface area contributed by atoms with Crippen molar-refractivity contribution in [2.75, 3.05) is 4.90 Å². The van der Waals surface area contributed by atoms with Crippen LogP contribution in [0.5, 0.6) is 0 Å². The van der Waals surface area contributed by atoms with E-state index in [1.165, 1.54) is 201 Å². The molecule has 0 spiro atoms. The molecule has 0 fully saturated rings. The van der Waals surface area contributed by atoms with Gasteiger partial charge in [0, 0.05) is 133 Å². The van der Waals surface area contributed by atoms with Crippen LogP contribution in [0, 0.1) is 0 Å². The number of halogens is 2. The average molecular weight is 2090 g/mol. The SMILES string of the molecule is IPI.[2H]B([2H])[3H].c1cc(-c2cc(-c3cccc(-c4cccc5c4sc4ccccc45)c3)ncn2)cc(-c2cccc3c2sc2ccccc23)c1.c1ccc(-c2ccc(N(c3ccccc3)c3ccc(C4(c5ccccc5)c5ccccc5-c5ccccc54)cc3)cc2)cc1.c1ccc2c(c1)sc1c(-c3cc(-c4cccc5c4sc4ccccc45)cc(-c4cccc5c4sc4ccccc45)c3)cccc12. The van der Waals surface area contributed by atoms with Crippen LogP contribution >= 0.6 is 105 Å². The molecule has 0 amide bonds. The molecule has 0 atom stereocenters. The molecule has 137 heavy (non-hydrogen) atoms. The quantitative estimate of drug-likeness (QED) is 0.0654. The lowest BCUT2D eigenvalue weighted by Crippen LogP contribution is -2.28. The fourth-order valence-corrected chi connectivity index (χ4v) is 26.6. The third kappa shape index (κ3) is 16.1. The topological polar surface area (TPSA) is 29.0 Å². The maximum Gasteiger partial charge on any atom is 0.116 e. The molecular formula is C125H83BI2N3PS5. The van der Waals surface area contributed by atoms with Gasteiger partial charge in [0.15, 0.2) is 0 Å². The van der Waals surface area contributed by atoms with Crippen molar-refractivity contribution in [2.24, 2.45) is 0 Å². The summed E-state index contributed by atoms with van der Waals surface area (Å²) in [4.78, 5) is 11.7. The molecule has 0 bridgehead atoms. The lowest BCUT2D eigenvalue weighted by molar-refractivity contribution is 0.768. The van der Waals surface area contributed by atoms with Crippen molar-refractivity contribution in [2.45, 2.75) is 5.41 Å². The Balaban J connectivity index is 0.000000113. The van der Waals surface area contributed by atoms with Crippen LogP contribution in [0.25, 0.3) is 201 Å². The molecule has 26 aromatic rings. The van der Waals surface area contributed by atoms with Crippen molar-refractivity contribution in [1.82, 2.24) is 9.97 Å². The summed E-state index contributed by atoms with van der Waals surface area (Å²) < 4.78 is 32.1. The van der Waals surface area contributed by atoms with Gasteiger partial charge < -0.3 is 4.90 Å². The van der Waals surface area contributed by atoms with Crippen molar-refractivity contribution in [3.8, 4) is 100 Å². The summed E-state index contributed by atoms with van der Waals surface area (Å²) in [6, 6.07) is 172. The van der Waals surface area contributed by atoms with E-state index >= 15 is 0 Å². The molecule has 0 saturated carbocycles. The fourth-order valence-electron chi connectivity index (χ4n) is 20.4. The van der Waals surface area contributed by atoms with Gasteiger partial charge in [-0.1, -0.05) is 370 Å². The summed E-state index contributed by atoms with van der Waals surface area (Å²) in [5, 5.41) is 13.2. The third-order valence-corrected chi connectivity index (χ3v) is 32.6. The highest BCUT2D eigenvalue weighted by Gasteiger charge is 2.46. The van der Waals surface area contributed by atoms with Gasteiger partial charge in [-0.15, -0.1) is 56.7 Å². The summed E-state index contributed by atoms with van der Waals surface area (Å²) in [5.41, 5.74) is 29.8. The first-order chi connectivity index (χ1) is 69.1. The van der Waals surface area contributed by atoms with Crippen molar-refractivity contribution < 1.29 is 0 Å². The summed E-state index contributed by atoms with van der Waals surface area (Å²) in [5.74, 6) is 0. The predicted molar refractivity (Wildman–Crippen MR) is 621 cm³/mol. The molecular weight excluding hydrogens is 2000 g/mol. The van der Waals surface area contributed by atoms with E-state index in [1.54, 1.807) is 6.33 Å². The summed E-state index contributed by atoms with van der Waals surface area (Å²) in [7, 11) is -1.42. The molecule has 6 aromatic heterocycles. The zero-order valence-electron chi connectivity index (χ0n) is 76.8. The van der Waals surface area contributed by atoms with Gasteiger partial charge in [0.25, 0.3) is 0 Å². The molecule has 0 aliphatic heterocycles. The molecule has 0 unspecified atom stereocenters. The Morgan fingerprint density at radius 1 is 0.241 bits per heavy atom. The van der Waals surface area contributed by atoms with E-state index in [0.717, 1.165) is 43.4 Å². The van der Waals surface area contributed by atoms with E-state index < -0.39 is 13.7 Å². The number of thiophene rings is 5. The minimum absolute atomic E-state index is 0.401. The van der Waals surface area contributed by atoms with Crippen LogP contribution in [0.2, 0.25) is 0 Å². The highest BCUT2D eigenvalue weighted by atomic mass is 127. The predicted octanol–water partition coefficient (Wildman–Crippen LogP) is 38.0. The van der Waals surface area contributed by atoms with Crippen LogP contribution in [0.4, 0.5) is 17.1 Å². The Labute approximate surface area is 848 Å². The first-order valence-corrected chi connectivity index (χ1v) is 56.7. The second-order valence-electron chi connectivity index (χ2n) is 34.1.